The molecule has 2 N–H and O–H groups in total. The average molecular weight is 366 g/mol. The second-order valence-electron chi connectivity index (χ2n) is 6.00. The molecule has 0 unspecified atom stereocenters. The predicted molar refractivity (Wildman–Crippen MR) is 87.4 cm³/mol. The molecular formula is C17H17F3N4O2. The first kappa shape index (κ1) is 18.0. The zero-order valence-corrected chi connectivity index (χ0v) is 13.7. The third kappa shape index (κ3) is 4.22. The van der Waals surface area contributed by atoms with E-state index in [2.05, 4.69) is 14.7 Å². The highest BCUT2D eigenvalue weighted by Gasteiger charge is 2.32. The summed E-state index contributed by atoms with van der Waals surface area (Å²) in [5.74, 6) is -0.525. The Hall–Kier alpha value is -2.84. The first-order valence-electron chi connectivity index (χ1n) is 8.04. The highest BCUT2D eigenvalue weighted by atomic mass is 19.4. The topological polar surface area (TPSA) is 81.3 Å². The monoisotopic (exact) mass is 366 g/mol. The van der Waals surface area contributed by atoms with Gasteiger partial charge in [0.1, 0.15) is 6.33 Å². The van der Waals surface area contributed by atoms with E-state index >= 15 is 0 Å². The van der Waals surface area contributed by atoms with E-state index in [9.17, 15) is 18.0 Å². The van der Waals surface area contributed by atoms with Gasteiger partial charge in [-0.3, -0.25) is 4.79 Å². The number of halogens is 3. The number of nitrogen functional groups attached to an aromatic ring is 1. The Labute approximate surface area is 147 Å². The van der Waals surface area contributed by atoms with E-state index in [4.69, 9.17) is 5.73 Å². The number of hydrogen-bond acceptors (Lipinski definition) is 5. The van der Waals surface area contributed by atoms with Crippen LogP contribution in [0.1, 0.15) is 34.8 Å². The number of piperidine rings is 1. The highest BCUT2D eigenvalue weighted by molar-refractivity contribution is 5.95. The number of aromatic nitrogens is 2. The first-order chi connectivity index (χ1) is 12.3. The van der Waals surface area contributed by atoms with Crippen LogP contribution >= 0.6 is 0 Å². The SMILES string of the molecule is Nc1cc(C(=O)N2CCC(c3ccncn3)CC2)ccc1OC(F)(F)F. The Morgan fingerprint density at radius 2 is 1.96 bits per heavy atom. The Kier molecular flexibility index (Phi) is 4.97. The van der Waals surface area contributed by atoms with Gasteiger partial charge in [-0.2, -0.15) is 0 Å². The van der Waals surface area contributed by atoms with E-state index in [0.29, 0.717) is 13.1 Å². The number of hydrogen-bond donors (Lipinski definition) is 1. The Morgan fingerprint density at radius 1 is 1.23 bits per heavy atom. The number of nitrogens with zero attached hydrogens (tertiary/aromatic N) is 3. The molecule has 0 radical (unpaired) electrons. The van der Waals surface area contributed by atoms with Crippen molar-refractivity contribution in [3.63, 3.8) is 0 Å². The lowest BCUT2D eigenvalue weighted by Crippen LogP contribution is -2.38. The summed E-state index contributed by atoms with van der Waals surface area (Å²) in [7, 11) is 0. The van der Waals surface area contributed by atoms with Gasteiger partial charge in [0.25, 0.3) is 5.91 Å². The van der Waals surface area contributed by atoms with Gasteiger partial charge >= 0.3 is 6.36 Å². The molecule has 26 heavy (non-hydrogen) atoms. The smallest absolute Gasteiger partial charge is 0.404 e. The van der Waals surface area contributed by atoms with Crippen LogP contribution in [-0.2, 0) is 0 Å². The van der Waals surface area contributed by atoms with Gasteiger partial charge in [-0.05, 0) is 37.1 Å². The molecule has 1 fully saturated rings. The van der Waals surface area contributed by atoms with Crippen LogP contribution < -0.4 is 10.5 Å². The summed E-state index contributed by atoms with van der Waals surface area (Å²) in [6.07, 6.45) is -0.128. The molecule has 0 aliphatic carbocycles. The van der Waals surface area contributed by atoms with Gasteiger partial charge in [-0.1, -0.05) is 0 Å². The van der Waals surface area contributed by atoms with E-state index < -0.39 is 12.1 Å². The zero-order valence-electron chi connectivity index (χ0n) is 13.7. The number of amides is 1. The minimum atomic E-state index is -4.83. The van der Waals surface area contributed by atoms with Crippen LogP contribution in [0.4, 0.5) is 18.9 Å². The van der Waals surface area contributed by atoms with Gasteiger partial charge in [0, 0.05) is 36.5 Å². The second-order valence-corrected chi connectivity index (χ2v) is 6.00. The standard InChI is InChI=1S/C17H17F3N4O2/c18-17(19,20)26-15-2-1-12(9-13(15)21)16(25)24-7-4-11(5-8-24)14-3-6-22-10-23-14/h1-3,6,9-11H,4-5,7-8,21H2. The van der Waals surface area contributed by atoms with Crippen molar-refractivity contribution in [3.8, 4) is 5.75 Å². The first-order valence-corrected chi connectivity index (χ1v) is 8.04. The lowest BCUT2D eigenvalue weighted by atomic mass is 9.93. The average Bonchev–Trinajstić information content (AvgIpc) is 2.63. The fraction of sp³-hybridized carbons (Fsp3) is 0.353. The summed E-state index contributed by atoms with van der Waals surface area (Å²) in [6.45, 7) is 1.07. The Bertz CT molecular complexity index is 775. The van der Waals surface area contributed by atoms with Crippen LogP contribution in [-0.4, -0.2) is 40.2 Å². The molecule has 1 saturated heterocycles. The van der Waals surface area contributed by atoms with E-state index in [0.717, 1.165) is 24.6 Å². The summed E-state index contributed by atoms with van der Waals surface area (Å²) in [5, 5.41) is 0. The van der Waals surface area contributed by atoms with Crippen LogP contribution in [0.2, 0.25) is 0 Å². The molecule has 2 aromatic rings. The number of ether oxygens (including phenoxy) is 1. The van der Waals surface area contributed by atoms with Crippen LogP contribution in [0, 0.1) is 0 Å². The minimum Gasteiger partial charge on any atom is -0.404 e. The maximum absolute atomic E-state index is 12.6. The largest absolute Gasteiger partial charge is 0.573 e. The fourth-order valence-corrected chi connectivity index (χ4v) is 3.00. The van der Waals surface area contributed by atoms with Crippen LogP contribution in [0.25, 0.3) is 0 Å². The van der Waals surface area contributed by atoms with E-state index in [-0.39, 0.29) is 23.1 Å². The summed E-state index contributed by atoms with van der Waals surface area (Å²) >= 11 is 0. The second kappa shape index (κ2) is 7.19. The molecule has 3 rings (SSSR count). The molecule has 0 atom stereocenters. The molecule has 1 aliphatic heterocycles. The summed E-state index contributed by atoms with van der Waals surface area (Å²) in [5.41, 5.74) is 6.53. The lowest BCUT2D eigenvalue weighted by molar-refractivity contribution is -0.274. The molecule has 1 aromatic heterocycles. The molecule has 2 heterocycles. The molecule has 0 saturated carbocycles. The molecule has 9 heteroatoms. The van der Waals surface area contributed by atoms with E-state index in [1.807, 2.05) is 6.07 Å². The Balaban J connectivity index is 1.64. The summed E-state index contributed by atoms with van der Waals surface area (Å²) in [6, 6.07) is 5.42. The maximum atomic E-state index is 12.6. The number of nitrogens with two attached hydrogens (primary N) is 1. The Morgan fingerprint density at radius 3 is 2.54 bits per heavy atom. The number of carbonyl (C=O) groups excluding carboxylic acids is 1. The third-order valence-corrected chi connectivity index (χ3v) is 4.29. The quantitative estimate of drug-likeness (QED) is 0.845. The van der Waals surface area contributed by atoms with Gasteiger partial charge in [0.05, 0.1) is 5.69 Å². The normalized spacial score (nSPS) is 15.7. The van der Waals surface area contributed by atoms with Gasteiger partial charge in [-0.25, -0.2) is 9.97 Å². The zero-order chi connectivity index (χ0) is 18.7. The van der Waals surface area contributed by atoms with Crippen LogP contribution in [0.15, 0.2) is 36.8 Å². The molecule has 1 aliphatic rings. The van der Waals surface area contributed by atoms with Crippen molar-refractivity contribution in [1.29, 1.82) is 0 Å². The van der Waals surface area contributed by atoms with E-state index in [1.165, 1.54) is 18.5 Å². The van der Waals surface area contributed by atoms with Crippen molar-refractivity contribution in [2.45, 2.75) is 25.1 Å². The number of rotatable bonds is 3. The molecule has 138 valence electrons. The van der Waals surface area contributed by atoms with Gasteiger partial charge in [-0.15, -0.1) is 13.2 Å². The molecule has 6 nitrogen and oxygen atoms in total. The third-order valence-electron chi connectivity index (χ3n) is 4.29. The molecule has 0 spiro atoms. The number of benzene rings is 1. The summed E-state index contributed by atoms with van der Waals surface area (Å²) in [4.78, 5) is 22.4. The number of carbonyl (C=O) groups is 1. The van der Waals surface area contributed by atoms with E-state index in [1.54, 1.807) is 11.1 Å². The molecular weight excluding hydrogens is 349 g/mol. The van der Waals surface area contributed by atoms with Gasteiger partial charge < -0.3 is 15.4 Å². The summed E-state index contributed by atoms with van der Waals surface area (Å²) < 4.78 is 40.7. The number of anilines is 1. The predicted octanol–water partition coefficient (Wildman–Crippen LogP) is 2.98. The highest BCUT2D eigenvalue weighted by Crippen LogP contribution is 2.31. The number of likely N-dealkylation sites (tertiary alicyclic amines) is 1. The lowest BCUT2D eigenvalue weighted by Gasteiger charge is -2.31. The van der Waals surface area contributed by atoms with Gasteiger partial charge in [0.15, 0.2) is 5.75 Å². The number of alkyl halides is 3. The van der Waals surface area contributed by atoms with Crippen molar-refractivity contribution < 1.29 is 22.7 Å². The minimum absolute atomic E-state index is 0.232. The molecule has 1 amide bonds. The van der Waals surface area contributed by atoms with Crippen molar-refractivity contribution in [3.05, 3.63) is 48.0 Å². The maximum Gasteiger partial charge on any atom is 0.573 e. The molecule has 0 bridgehead atoms. The van der Waals surface area contributed by atoms with Crippen molar-refractivity contribution in [2.24, 2.45) is 0 Å². The van der Waals surface area contributed by atoms with Gasteiger partial charge in [0.2, 0.25) is 0 Å². The van der Waals surface area contributed by atoms with Crippen molar-refractivity contribution in [2.75, 3.05) is 18.8 Å². The fourth-order valence-electron chi connectivity index (χ4n) is 3.00. The molecule has 1 aromatic carbocycles. The van der Waals surface area contributed by atoms with Crippen molar-refractivity contribution >= 4 is 11.6 Å². The van der Waals surface area contributed by atoms with Crippen LogP contribution in [0.3, 0.4) is 0 Å². The van der Waals surface area contributed by atoms with Crippen molar-refractivity contribution in [1.82, 2.24) is 14.9 Å². The van der Waals surface area contributed by atoms with Crippen LogP contribution in [0.5, 0.6) is 5.75 Å².